The number of hydrogen-bond donors (Lipinski definition) is 1. The molecule has 0 saturated carbocycles. The molecule has 1 saturated heterocycles. The Morgan fingerprint density at radius 3 is 2.54 bits per heavy atom. The molecule has 1 fully saturated rings. The summed E-state index contributed by atoms with van der Waals surface area (Å²) < 4.78 is 0. The number of hydrogen-bond acceptors (Lipinski definition) is 5. The number of aromatic nitrogens is 2. The maximum atomic E-state index is 12.4. The van der Waals surface area contributed by atoms with Crippen LogP contribution in [0.2, 0.25) is 5.02 Å². The van der Waals surface area contributed by atoms with Crippen LogP contribution in [0, 0.1) is 0 Å². The summed E-state index contributed by atoms with van der Waals surface area (Å²) in [6.45, 7) is 2.56. The normalized spacial score (nSPS) is 14.7. The van der Waals surface area contributed by atoms with E-state index in [1.54, 1.807) is 0 Å². The van der Waals surface area contributed by atoms with Crippen molar-refractivity contribution in [3.63, 3.8) is 0 Å². The second-order valence-electron chi connectivity index (χ2n) is 5.73. The van der Waals surface area contributed by atoms with Gasteiger partial charge in [0.2, 0.25) is 5.91 Å². The molecule has 126 valence electrons. The summed E-state index contributed by atoms with van der Waals surface area (Å²) in [5.74, 6) is 0.745. The maximum Gasteiger partial charge on any atom is 0.223 e. The van der Waals surface area contributed by atoms with E-state index in [0.717, 1.165) is 5.56 Å². The molecule has 0 spiro atoms. The van der Waals surface area contributed by atoms with Crippen molar-refractivity contribution in [1.82, 2.24) is 14.9 Å². The average molecular weight is 347 g/mol. The van der Waals surface area contributed by atoms with Gasteiger partial charge in [0.25, 0.3) is 0 Å². The first-order valence-corrected chi connectivity index (χ1v) is 8.27. The zero-order chi connectivity index (χ0) is 16.9. The van der Waals surface area contributed by atoms with Gasteiger partial charge in [0, 0.05) is 37.6 Å². The molecule has 1 aliphatic heterocycles. The van der Waals surface area contributed by atoms with E-state index >= 15 is 0 Å². The minimum Gasteiger partial charge on any atom is -0.503 e. The minimum absolute atomic E-state index is 0.0695. The van der Waals surface area contributed by atoms with Gasteiger partial charge in [-0.3, -0.25) is 4.79 Å². The van der Waals surface area contributed by atoms with Crippen molar-refractivity contribution in [3.05, 3.63) is 47.4 Å². The molecule has 1 N–H and O–H groups in total. The van der Waals surface area contributed by atoms with Crippen molar-refractivity contribution >= 4 is 23.3 Å². The zero-order valence-corrected chi connectivity index (χ0v) is 14.0. The summed E-state index contributed by atoms with van der Waals surface area (Å²) in [7, 11) is 0. The van der Waals surface area contributed by atoms with Crippen LogP contribution in [0.4, 0.5) is 5.82 Å². The number of rotatable bonds is 4. The summed E-state index contributed by atoms with van der Waals surface area (Å²) in [4.78, 5) is 24.1. The third-order valence-corrected chi connectivity index (χ3v) is 4.40. The van der Waals surface area contributed by atoms with Crippen LogP contribution in [-0.2, 0) is 11.2 Å². The van der Waals surface area contributed by atoms with E-state index in [2.05, 4.69) is 9.97 Å². The number of benzene rings is 1. The molecule has 24 heavy (non-hydrogen) atoms. The van der Waals surface area contributed by atoms with Crippen LogP contribution >= 0.6 is 11.6 Å². The van der Waals surface area contributed by atoms with E-state index < -0.39 is 0 Å². The Morgan fingerprint density at radius 1 is 1.17 bits per heavy atom. The highest BCUT2D eigenvalue weighted by molar-refractivity contribution is 6.30. The molecule has 6 nitrogen and oxygen atoms in total. The maximum absolute atomic E-state index is 12.4. The predicted molar refractivity (Wildman–Crippen MR) is 92.3 cm³/mol. The van der Waals surface area contributed by atoms with Crippen molar-refractivity contribution in [3.8, 4) is 5.75 Å². The second kappa shape index (κ2) is 7.49. The van der Waals surface area contributed by atoms with Crippen molar-refractivity contribution in [2.45, 2.75) is 12.8 Å². The third kappa shape index (κ3) is 3.94. The molecule has 0 radical (unpaired) electrons. The minimum atomic E-state index is 0.0695. The van der Waals surface area contributed by atoms with E-state index in [1.165, 1.54) is 12.5 Å². The average Bonchev–Trinajstić information content (AvgIpc) is 2.61. The van der Waals surface area contributed by atoms with Gasteiger partial charge in [-0.25, -0.2) is 9.97 Å². The Hall–Kier alpha value is -2.34. The molecule has 1 aromatic heterocycles. The number of halogens is 1. The third-order valence-electron chi connectivity index (χ3n) is 4.15. The largest absolute Gasteiger partial charge is 0.503 e. The lowest BCUT2D eigenvalue weighted by molar-refractivity contribution is -0.131. The van der Waals surface area contributed by atoms with Crippen LogP contribution < -0.4 is 4.90 Å². The fourth-order valence-electron chi connectivity index (χ4n) is 2.79. The molecule has 7 heteroatoms. The van der Waals surface area contributed by atoms with Gasteiger partial charge in [0.05, 0.1) is 6.20 Å². The number of carbonyl (C=O) groups is 1. The summed E-state index contributed by atoms with van der Waals surface area (Å²) >= 11 is 5.86. The zero-order valence-electron chi connectivity index (χ0n) is 13.2. The molecule has 0 aliphatic carbocycles. The molecular formula is C17H19ClN4O2. The van der Waals surface area contributed by atoms with E-state index in [-0.39, 0.29) is 11.7 Å². The highest BCUT2D eigenvalue weighted by Gasteiger charge is 2.23. The lowest BCUT2D eigenvalue weighted by Gasteiger charge is -2.35. The summed E-state index contributed by atoms with van der Waals surface area (Å²) in [6, 6.07) is 7.58. The number of aromatic hydroxyl groups is 1. The van der Waals surface area contributed by atoms with E-state index in [9.17, 15) is 9.90 Å². The quantitative estimate of drug-likeness (QED) is 0.918. The second-order valence-corrected chi connectivity index (χ2v) is 6.16. The van der Waals surface area contributed by atoms with Gasteiger partial charge >= 0.3 is 0 Å². The Bertz CT molecular complexity index is 700. The molecular weight excluding hydrogens is 328 g/mol. The van der Waals surface area contributed by atoms with Gasteiger partial charge in [-0.1, -0.05) is 23.7 Å². The van der Waals surface area contributed by atoms with Gasteiger partial charge < -0.3 is 14.9 Å². The number of aryl methyl sites for hydroxylation is 1. The van der Waals surface area contributed by atoms with Gasteiger partial charge in [-0.2, -0.15) is 0 Å². The van der Waals surface area contributed by atoms with Crippen LogP contribution in [0.25, 0.3) is 0 Å². The molecule has 2 heterocycles. The first-order chi connectivity index (χ1) is 11.6. The van der Waals surface area contributed by atoms with Crippen molar-refractivity contribution in [2.75, 3.05) is 31.1 Å². The topological polar surface area (TPSA) is 69.6 Å². The number of nitrogens with zero attached hydrogens (tertiary/aromatic N) is 4. The molecule has 0 unspecified atom stereocenters. The molecule has 2 aromatic rings. The van der Waals surface area contributed by atoms with Gasteiger partial charge in [0.15, 0.2) is 11.6 Å². The van der Waals surface area contributed by atoms with Crippen LogP contribution in [0.15, 0.2) is 36.8 Å². The number of anilines is 1. The Morgan fingerprint density at radius 2 is 1.88 bits per heavy atom. The van der Waals surface area contributed by atoms with Crippen LogP contribution in [0.1, 0.15) is 12.0 Å². The smallest absolute Gasteiger partial charge is 0.223 e. The van der Waals surface area contributed by atoms with Crippen LogP contribution in [0.3, 0.4) is 0 Å². The summed E-state index contributed by atoms with van der Waals surface area (Å²) in [5.41, 5.74) is 1.11. The fourth-order valence-corrected chi connectivity index (χ4v) is 2.91. The van der Waals surface area contributed by atoms with Crippen molar-refractivity contribution in [2.24, 2.45) is 0 Å². The number of piperazine rings is 1. The Labute approximate surface area is 145 Å². The molecule has 0 bridgehead atoms. The fraction of sp³-hybridized carbons (Fsp3) is 0.353. The highest BCUT2D eigenvalue weighted by atomic mass is 35.5. The predicted octanol–water partition coefficient (Wildman–Crippen LogP) is 2.12. The number of carbonyl (C=O) groups excluding carboxylic acids is 1. The first kappa shape index (κ1) is 16.5. The summed E-state index contributed by atoms with van der Waals surface area (Å²) in [6.07, 6.45) is 3.99. The lowest BCUT2D eigenvalue weighted by Crippen LogP contribution is -2.49. The number of amides is 1. The first-order valence-electron chi connectivity index (χ1n) is 7.89. The Balaban J connectivity index is 1.50. The molecule has 1 amide bonds. The van der Waals surface area contributed by atoms with Gasteiger partial charge in [-0.05, 0) is 24.1 Å². The van der Waals surface area contributed by atoms with Crippen LogP contribution in [0.5, 0.6) is 5.75 Å². The van der Waals surface area contributed by atoms with E-state index in [4.69, 9.17) is 11.6 Å². The summed E-state index contributed by atoms with van der Waals surface area (Å²) in [5, 5.41) is 10.5. The Kier molecular flexibility index (Phi) is 5.15. The van der Waals surface area contributed by atoms with Crippen molar-refractivity contribution < 1.29 is 9.90 Å². The SMILES string of the molecule is O=C(CCc1ccc(Cl)cc1)N1CCN(c2ncncc2O)CC1. The molecule has 3 rings (SSSR count). The van der Waals surface area contributed by atoms with Crippen LogP contribution in [-0.4, -0.2) is 52.1 Å². The van der Waals surface area contributed by atoms with Gasteiger partial charge in [0.1, 0.15) is 6.33 Å². The molecule has 1 aliphatic rings. The monoisotopic (exact) mass is 346 g/mol. The standard InChI is InChI=1S/C17H19ClN4O2/c18-14-4-1-13(2-5-14)3-6-16(24)21-7-9-22(10-8-21)17-15(23)11-19-12-20-17/h1-2,4-5,11-12,23H,3,6-10H2. The van der Waals surface area contributed by atoms with Gasteiger partial charge in [-0.15, -0.1) is 0 Å². The molecule has 0 atom stereocenters. The highest BCUT2D eigenvalue weighted by Crippen LogP contribution is 2.23. The van der Waals surface area contributed by atoms with E-state index in [1.807, 2.05) is 34.1 Å². The molecule has 1 aromatic carbocycles. The lowest BCUT2D eigenvalue weighted by atomic mass is 10.1. The van der Waals surface area contributed by atoms with E-state index in [0.29, 0.717) is 49.9 Å². The van der Waals surface area contributed by atoms with Crippen molar-refractivity contribution in [1.29, 1.82) is 0 Å².